The third-order valence-electron chi connectivity index (χ3n) is 4.42. The minimum atomic E-state index is -1.20. The number of aromatic amines is 1. The maximum absolute atomic E-state index is 11.6. The number of nitrogens with two attached hydrogens (primary N) is 3. The van der Waals surface area contributed by atoms with Crippen molar-refractivity contribution >= 4 is 34.3 Å². The van der Waals surface area contributed by atoms with E-state index in [0.29, 0.717) is 17.7 Å². The van der Waals surface area contributed by atoms with Crippen molar-refractivity contribution in [2.45, 2.75) is 24.9 Å². The molecule has 2 atom stereocenters. The van der Waals surface area contributed by atoms with Crippen LogP contribution in [-0.4, -0.2) is 45.0 Å². The SMILES string of the molecule is N[C@@H](Cc1c[nH]c2ccccc12)C(=O)O.Nc1ccccc1C(=O)C[C@H](N)C(=O)O. The molecule has 2 aromatic carbocycles. The summed E-state index contributed by atoms with van der Waals surface area (Å²) < 4.78 is 0. The van der Waals surface area contributed by atoms with Crippen molar-refractivity contribution in [2.75, 3.05) is 5.73 Å². The van der Waals surface area contributed by atoms with Crippen molar-refractivity contribution in [3.05, 3.63) is 65.9 Å². The summed E-state index contributed by atoms with van der Waals surface area (Å²) in [5.41, 5.74) is 18.9. The zero-order valence-corrected chi connectivity index (χ0v) is 16.1. The van der Waals surface area contributed by atoms with Gasteiger partial charge in [0.25, 0.3) is 0 Å². The molecular weight excluding hydrogens is 388 g/mol. The number of hydrogen-bond acceptors (Lipinski definition) is 6. The van der Waals surface area contributed by atoms with Crippen LogP contribution in [0.3, 0.4) is 0 Å². The molecule has 1 heterocycles. The van der Waals surface area contributed by atoms with E-state index in [2.05, 4.69) is 4.98 Å². The van der Waals surface area contributed by atoms with Crippen LogP contribution >= 0.6 is 0 Å². The normalized spacial score (nSPS) is 12.5. The van der Waals surface area contributed by atoms with Crippen LogP contribution in [0.25, 0.3) is 10.9 Å². The molecule has 9 heteroatoms. The number of nitrogen functional groups attached to an aromatic ring is 1. The van der Waals surface area contributed by atoms with E-state index in [0.717, 1.165) is 16.5 Å². The van der Waals surface area contributed by atoms with E-state index >= 15 is 0 Å². The van der Waals surface area contributed by atoms with Gasteiger partial charge in [0.2, 0.25) is 0 Å². The largest absolute Gasteiger partial charge is 0.480 e. The smallest absolute Gasteiger partial charge is 0.320 e. The number of benzene rings is 2. The van der Waals surface area contributed by atoms with Crippen molar-refractivity contribution in [3.8, 4) is 0 Å². The van der Waals surface area contributed by atoms with E-state index in [9.17, 15) is 14.4 Å². The minimum Gasteiger partial charge on any atom is -0.480 e. The Balaban J connectivity index is 0.000000214. The Hall–Kier alpha value is -3.69. The van der Waals surface area contributed by atoms with Gasteiger partial charge in [0.1, 0.15) is 12.1 Å². The van der Waals surface area contributed by atoms with Gasteiger partial charge in [-0.2, -0.15) is 0 Å². The molecule has 0 unspecified atom stereocenters. The third-order valence-corrected chi connectivity index (χ3v) is 4.42. The molecule has 3 aromatic rings. The Morgan fingerprint density at radius 1 is 0.900 bits per heavy atom. The quantitative estimate of drug-likeness (QED) is 0.248. The fraction of sp³-hybridized carbons (Fsp3) is 0.190. The summed E-state index contributed by atoms with van der Waals surface area (Å²) in [4.78, 5) is 35.7. The Labute approximate surface area is 172 Å². The van der Waals surface area contributed by atoms with Crippen molar-refractivity contribution in [2.24, 2.45) is 11.5 Å². The van der Waals surface area contributed by atoms with Gasteiger partial charge in [-0.3, -0.25) is 14.4 Å². The van der Waals surface area contributed by atoms with Gasteiger partial charge in [-0.15, -0.1) is 0 Å². The number of rotatable bonds is 7. The number of nitrogens with one attached hydrogen (secondary N) is 1. The zero-order valence-electron chi connectivity index (χ0n) is 16.1. The lowest BCUT2D eigenvalue weighted by molar-refractivity contribution is -0.139. The van der Waals surface area contributed by atoms with Gasteiger partial charge in [0.15, 0.2) is 5.78 Å². The second-order valence-electron chi connectivity index (χ2n) is 6.67. The first-order valence-electron chi connectivity index (χ1n) is 9.10. The van der Waals surface area contributed by atoms with Crippen molar-refractivity contribution in [1.82, 2.24) is 4.98 Å². The highest BCUT2D eigenvalue weighted by Crippen LogP contribution is 2.18. The van der Waals surface area contributed by atoms with E-state index in [1.165, 1.54) is 0 Å². The molecule has 0 fully saturated rings. The Kier molecular flexibility index (Phi) is 7.68. The molecular formula is C21H24N4O5. The topological polar surface area (TPSA) is 186 Å². The second-order valence-corrected chi connectivity index (χ2v) is 6.67. The number of carboxylic acid groups (broad SMARTS) is 2. The predicted molar refractivity (Wildman–Crippen MR) is 113 cm³/mol. The molecule has 0 aliphatic heterocycles. The molecule has 0 saturated heterocycles. The molecule has 0 saturated carbocycles. The number of carbonyl (C=O) groups is 3. The van der Waals surface area contributed by atoms with E-state index in [1.54, 1.807) is 24.3 Å². The van der Waals surface area contributed by atoms with Gasteiger partial charge in [-0.05, 0) is 23.8 Å². The first kappa shape index (κ1) is 22.6. The maximum Gasteiger partial charge on any atom is 0.320 e. The van der Waals surface area contributed by atoms with Crippen LogP contribution in [0, 0.1) is 0 Å². The number of H-pyrrole nitrogens is 1. The summed E-state index contributed by atoms with van der Waals surface area (Å²) in [5, 5.41) is 18.3. The predicted octanol–water partition coefficient (Wildman–Crippen LogP) is 1.38. The number of ketones is 1. The van der Waals surface area contributed by atoms with E-state index < -0.39 is 24.0 Å². The fourth-order valence-electron chi connectivity index (χ4n) is 2.77. The van der Waals surface area contributed by atoms with Gasteiger partial charge < -0.3 is 32.4 Å². The number of para-hydroxylation sites is 2. The number of anilines is 1. The molecule has 9 nitrogen and oxygen atoms in total. The molecule has 0 radical (unpaired) electrons. The van der Waals surface area contributed by atoms with Crippen LogP contribution in [0.2, 0.25) is 0 Å². The highest BCUT2D eigenvalue weighted by Gasteiger charge is 2.18. The molecule has 9 N–H and O–H groups in total. The average molecular weight is 412 g/mol. The van der Waals surface area contributed by atoms with Crippen molar-refractivity contribution in [3.63, 3.8) is 0 Å². The number of Topliss-reactive ketones (excluding diaryl/α,β-unsaturated/α-hetero) is 1. The fourth-order valence-corrected chi connectivity index (χ4v) is 2.77. The molecule has 0 aliphatic rings. The lowest BCUT2D eigenvalue weighted by Gasteiger charge is -2.07. The molecule has 0 bridgehead atoms. The third kappa shape index (κ3) is 5.90. The van der Waals surface area contributed by atoms with Gasteiger partial charge in [-0.25, -0.2) is 0 Å². The molecule has 1 aromatic heterocycles. The number of aliphatic carboxylic acids is 2. The lowest BCUT2D eigenvalue weighted by Crippen LogP contribution is -2.32. The molecule has 30 heavy (non-hydrogen) atoms. The summed E-state index contributed by atoms with van der Waals surface area (Å²) in [6.45, 7) is 0. The average Bonchev–Trinajstić information content (AvgIpc) is 3.11. The lowest BCUT2D eigenvalue weighted by atomic mass is 10.0. The van der Waals surface area contributed by atoms with Crippen LogP contribution in [0.4, 0.5) is 5.69 Å². The van der Waals surface area contributed by atoms with Gasteiger partial charge in [-0.1, -0.05) is 30.3 Å². The van der Waals surface area contributed by atoms with Gasteiger partial charge in [0, 0.05) is 41.2 Å². The zero-order chi connectivity index (χ0) is 22.3. The number of aromatic nitrogens is 1. The molecule has 3 rings (SSSR count). The molecule has 158 valence electrons. The van der Waals surface area contributed by atoms with E-state index in [4.69, 9.17) is 27.4 Å². The summed E-state index contributed by atoms with van der Waals surface area (Å²) in [6.07, 6.45) is 1.91. The monoisotopic (exact) mass is 412 g/mol. The first-order chi connectivity index (χ1) is 14.2. The van der Waals surface area contributed by atoms with Gasteiger partial charge >= 0.3 is 11.9 Å². The summed E-state index contributed by atoms with van der Waals surface area (Å²) in [7, 11) is 0. The number of carbonyl (C=O) groups excluding carboxylic acids is 1. The van der Waals surface area contributed by atoms with Crippen LogP contribution in [-0.2, 0) is 16.0 Å². The number of fused-ring (bicyclic) bond motifs is 1. The Bertz CT molecular complexity index is 1050. The van der Waals surface area contributed by atoms with Crippen LogP contribution in [0.1, 0.15) is 22.3 Å². The summed E-state index contributed by atoms with van der Waals surface area (Å²) in [6, 6.07) is 12.2. The Morgan fingerprint density at radius 2 is 1.50 bits per heavy atom. The van der Waals surface area contributed by atoms with Crippen LogP contribution in [0.5, 0.6) is 0 Å². The van der Waals surface area contributed by atoms with Crippen molar-refractivity contribution in [1.29, 1.82) is 0 Å². The Morgan fingerprint density at radius 3 is 2.13 bits per heavy atom. The van der Waals surface area contributed by atoms with E-state index in [-0.39, 0.29) is 12.2 Å². The maximum atomic E-state index is 11.6. The highest BCUT2D eigenvalue weighted by molar-refractivity contribution is 6.02. The summed E-state index contributed by atoms with van der Waals surface area (Å²) >= 11 is 0. The van der Waals surface area contributed by atoms with Crippen LogP contribution < -0.4 is 17.2 Å². The van der Waals surface area contributed by atoms with Crippen LogP contribution in [0.15, 0.2) is 54.7 Å². The molecule has 0 aliphatic carbocycles. The van der Waals surface area contributed by atoms with E-state index in [1.807, 2.05) is 30.5 Å². The standard InChI is InChI=1S/C11H12N2O2.C10H12N2O3/c12-9(11(14)15)5-7-6-13-10-4-2-1-3-8(7)10;11-7-4-2-1-3-6(7)9(13)5-8(12)10(14)15/h1-4,6,9,13H,5,12H2,(H,14,15);1-4,8H,5,11-12H2,(H,14,15)/t9-;8-/m00/s1. The first-order valence-corrected chi connectivity index (χ1v) is 9.10. The second kappa shape index (κ2) is 10.2. The minimum absolute atomic E-state index is 0.246. The molecule has 0 amide bonds. The van der Waals surface area contributed by atoms with Gasteiger partial charge in [0.05, 0.1) is 0 Å². The summed E-state index contributed by atoms with van der Waals surface area (Å²) in [5.74, 6) is -2.53. The number of carboxylic acids is 2. The van der Waals surface area contributed by atoms with Crippen molar-refractivity contribution < 1.29 is 24.6 Å². The number of hydrogen-bond donors (Lipinski definition) is 6. The molecule has 0 spiro atoms. The highest BCUT2D eigenvalue weighted by atomic mass is 16.4.